The minimum Gasteiger partial charge on any atom is -0.166 e. The van der Waals surface area contributed by atoms with Crippen LogP contribution >= 0.6 is 0 Å². The molecular formula is C17H21F3. The molecule has 0 aliphatic heterocycles. The maximum atomic E-state index is 12.5. The molecule has 2 rings (SSSR count). The fourth-order valence-electron chi connectivity index (χ4n) is 2.78. The minimum absolute atomic E-state index is 0.571. The Bertz CT molecular complexity index is 454. The molecule has 0 heterocycles. The topological polar surface area (TPSA) is 0 Å². The second kappa shape index (κ2) is 6.47. The Hall–Kier alpha value is -1.25. The number of benzene rings is 1. The summed E-state index contributed by atoms with van der Waals surface area (Å²) in [6.07, 6.45) is 4.95. The largest absolute Gasteiger partial charge is 0.416 e. The third kappa shape index (κ3) is 3.87. The van der Waals surface area contributed by atoms with Gasteiger partial charge in [-0.1, -0.05) is 44.4 Å². The Balaban J connectivity index is 2.01. The Morgan fingerprint density at radius 3 is 2.35 bits per heavy atom. The molecule has 1 unspecified atom stereocenters. The quantitative estimate of drug-likeness (QED) is 0.628. The van der Waals surface area contributed by atoms with Crippen molar-refractivity contribution in [2.75, 3.05) is 0 Å². The molecule has 1 aromatic rings. The van der Waals surface area contributed by atoms with E-state index in [2.05, 4.69) is 13.0 Å². The fraction of sp³-hybridized carbons (Fsp3) is 0.529. The number of rotatable bonds is 4. The smallest absolute Gasteiger partial charge is 0.166 e. The van der Waals surface area contributed by atoms with Gasteiger partial charge in [0, 0.05) is 0 Å². The Morgan fingerprint density at radius 1 is 1.15 bits per heavy atom. The molecule has 0 N–H and O–H groups in total. The number of halogens is 3. The lowest BCUT2D eigenvalue weighted by molar-refractivity contribution is -0.137. The van der Waals surface area contributed by atoms with E-state index in [0.29, 0.717) is 0 Å². The molecule has 0 nitrogen and oxygen atoms in total. The number of allylic oxidation sites excluding steroid dienone is 2. The van der Waals surface area contributed by atoms with Crippen molar-refractivity contribution in [3.8, 4) is 0 Å². The van der Waals surface area contributed by atoms with Crippen LogP contribution in [0.15, 0.2) is 30.3 Å². The van der Waals surface area contributed by atoms with Crippen molar-refractivity contribution in [3.63, 3.8) is 0 Å². The monoisotopic (exact) mass is 282 g/mol. The third-order valence-electron chi connectivity index (χ3n) is 4.07. The maximum absolute atomic E-state index is 12.5. The summed E-state index contributed by atoms with van der Waals surface area (Å²) in [5, 5.41) is 0. The summed E-state index contributed by atoms with van der Waals surface area (Å²) in [6, 6.07) is 5.56. The number of unbranched alkanes of at least 4 members (excludes halogenated alkanes) is 1. The lowest BCUT2D eigenvalue weighted by Gasteiger charge is -2.22. The van der Waals surface area contributed by atoms with Crippen molar-refractivity contribution in [1.29, 1.82) is 0 Å². The highest BCUT2D eigenvalue weighted by Crippen LogP contribution is 2.34. The molecule has 0 bridgehead atoms. The van der Waals surface area contributed by atoms with Crippen LogP contribution < -0.4 is 0 Å². The van der Waals surface area contributed by atoms with Gasteiger partial charge in [-0.3, -0.25) is 0 Å². The molecular weight excluding hydrogens is 261 g/mol. The fourth-order valence-corrected chi connectivity index (χ4v) is 2.78. The van der Waals surface area contributed by atoms with Gasteiger partial charge in [-0.15, -0.1) is 0 Å². The Morgan fingerprint density at radius 2 is 1.85 bits per heavy atom. The maximum Gasteiger partial charge on any atom is 0.416 e. The second-order valence-corrected chi connectivity index (χ2v) is 5.59. The average Bonchev–Trinajstić information content (AvgIpc) is 2.45. The van der Waals surface area contributed by atoms with Crippen LogP contribution in [0.3, 0.4) is 0 Å². The third-order valence-corrected chi connectivity index (χ3v) is 4.07. The van der Waals surface area contributed by atoms with Crippen molar-refractivity contribution >= 4 is 5.57 Å². The molecule has 0 radical (unpaired) electrons. The van der Waals surface area contributed by atoms with Crippen LogP contribution in [0.25, 0.3) is 5.57 Å². The van der Waals surface area contributed by atoms with E-state index in [0.717, 1.165) is 30.7 Å². The van der Waals surface area contributed by atoms with Gasteiger partial charge in [0.05, 0.1) is 5.56 Å². The summed E-state index contributed by atoms with van der Waals surface area (Å²) in [4.78, 5) is 0. The van der Waals surface area contributed by atoms with Crippen molar-refractivity contribution < 1.29 is 13.2 Å². The molecule has 0 saturated carbocycles. The second-order valence-electron chi connectivity index (χ2n) is 5.59. The van der Waals surface area contributed by atoms with Gasteiger partial charge in [-0.2, -0.15) is 13.2 Å². The molecule has 1 aliphatic rings. The van der Waals surface area contributed by atoms with E-state index >= 15 is 0 Å². The summed E-state index contributed by atoms with van der Waals surface area (Å²) in [5.41, 5.74) is 1.57. The summed E-state index contributed by atoms with van der Waals surface area (Å²) in [5.74, 6) is 0.758. The zero-order valence-electron chi connectivity index (χ0n) is 11.8. The first-order valence-corrected chi connectivity index (χ1v) is 7.37. The standard InChI is InChI=1S/C17H21F3/c1-2-3-4-13-5-7-14(8-6-13)15-9-11-16(12-10-15)17(18,19)20/h7,9-13H,2-6,8H2,1H3. The van der Waals surface area contributed by atoms with E-state index in [1.807, 2.05) is 0 Å². The molecule has 0 saturated heterocycles. The van der Waals surface area contributed by atoms with E-state index in [-0.39, 0.29) is 0 Å². The predicted octanol–water partition coefficient (Wildman–Crippen LogP) is 6.08. The number of hydrogen-bond donors (Lipinski definition) is 0. The molecule has 110 valence electrons. The summed E-state index contributed by atoms with van der Waals surface area (Å²) < 4.78 is 37.6. The van der Waals surface area contributed by atoms with Crippen molar-refractivity contribution in [3.05, 3.63) is 41.5 Å². The van der Waals surface area contributed by atoms with E-state index in [1.165, 1.54) is 37.0 Å². The van der Waals surface area contributed by atoms with E-state index in [4.69, 9.17) is 0 Å². The van der Waals surface area contributed by atoms with Crippen LogP contribution in [0, 0.1) is 5.92 Å². The first-order valence-electron chi connectivity index (χ1n) is 7.37. The van der Waals surface area contributed by atoms with Gasteiger partial charge >= 0.3 is 6.18 Å². The lowest BCUT2D eigenvalue weighted by atomic mass is 9.84. The van der Waals surface area contributed by atoms with E-state index in [9.17, 15) is 13.2 Å². The molecule has 0 fully saturated rings. The van der Waals surface area contributed by atoms with Gasteiger partial charge in [-0.05, 0) is 48.4 Å². The number of hydrogen-bond acceptors (Lipinski definition) is 0. The normalized spacial score (nSPS) is 19.8. The summed E-state index contributed by atoms with van der Waals surface area (Å²) in [6.45, 7) is 2.20. The SMILES string of the molecule is CCCCC1CC=C(c2ccc(C(F)(F)F)cc2)CC1. The van der Waals surface area contributed by atoms with Crippen molar-refractivity contribution in [2.24, 2.45) is 5.92 Å². The van der Waals surface area contributed by atoms with Gasteiger partial charge in [-0.25, -0.2) is 0 Å². The Labute approximate surface area is 118 Å². The molecule has 1 aromatic carbocycles. The van der Waals surface area contributed by atoms with Gasteiger partial charge < -0.3 is 0 Å². The van der Waals surface area contributed by atoms with Crippen molar-refractivity contribution in [2.45, 2.75) is 51.6 Å². The van der Waals surface area contributed by atoms with Crippen LogP contribution in [-0.4, -0.2) is 0 Å². The van der Waals surface area contributed by atoms with Crippen LogP contribution in [0.4, 0.5) is 13.2 Å². The van der Waals surface area contributed by atoms with Gasteiger partial charge in [0.1, 0.15) is 0 Å². The van der Waals surface area contributed by atoms with Gasteiger partial charge in [0.15, 0.2) is 0 Å². The average molecular weight is 282 g/mol. The predicted molar refractivity (Wildman–Crippen MR) is 76.3 cm³/mol. The Kier molecular flexibility index (Phi) is 4.90. The summed E-state index contributed by atoms with van der Waals surface area (Å²) in [7, 11) is 0. The van der Waals surface area contributed by atoms with Crippen LogP contribution in [0.5, 0.6) is 0 Å². The zero-order chi connectivity index (χ0) is 14.6. The summed E-state index contributed by atoms with van der Waals surface area (Å²) >= 11 is 0. The molecule has 0 amide bonds. The van der Waals surface area contributed by atoms with E-state index in [1.54, 1.807) is 12.1 Å². The van der Waals surface area contributed by atoms with Crippen LogP contribution in [0.1, 0.15) is 56.6 Å². The van der Waals surface area contributed by atoms with Crippen molar-refractivity contribution in [1.82, 2.24) is 0 Å². The van der Waals surface area contributed by atoms with Crippen LogP contribution in [-0.2, 0) is 6.18 Å². The molecule has 1 aliphatic carbocycles. The lowest BCUT2D eigenvalue weighted by Crippen LogP contribution is -2.06. The molecule has 0 spiro atoms. The highest BCUT2D eigenvalue weighted by Gasteiger charge is 2.30. The highest BCUT2D eigenvalue weighted by atomic mass is 19.4. The molecule has 1 atom stereocenters. The molecule has 0 aromatic heterocycles. The number of alkyl halides is 3. The molecule has 20 heavy (non-hydrogen) atoms. The van der Waals surface area contributed by atoms with Gasteiger partial charge in [0.2, 0.25) is 0 Å². The zero-order valence-corrected chi connectivity index (χ0v) is 11.8. The molecule has 3 heteroatoms. The first kappa shape index (κ1) is 15.1. The van der Waals surface area contributed by atoms with Crippen LogP contribution in [0.2, 0.25) is 0 Å². The van der Waals surface area contributed by atoms with Gasteiger partial charge in [0.25, 0.3) is 0 Å². The highest BCUT2D eigenvalue weighted by molar-refractivity contribution is 5.66. The minimum atomic E-state index is -4.25. The van der Waals surface area contributed by atoms with E-state index < -0.39 is 11.7 Å². The first-order chi connectivity index (χ1) is 9.50.